The fraction of sp³-hybridized carbons (Fsp3) is 0.333. The van der Waals surface area contributed by atoms with E-state index in [1.165, 1.54) is 23.5 Å². The summed E-state index contributed by atoms with van der Waals surface area (Å²) in [5, 5.41) is 0.559. The molecule has 0 aliphatic rings. The van der Waals surface area contributed by atoms with Crippen LogP contribution in [-0.2, 0) is 10.0 Å². The molecule has 15 heavy (non-hydrogen) atoms. The minimum absolute atomic E-state index is 0.104. The lowest BCUT2D eigenvalue weighted by atomic mass is 10.4. The van der Waals surface area contributed by atoms with Gasteiger partial charge < -0.3 is 0 Å². The van der Waals surface area contributed by atoms with Crippen LogP contribution in [0.25, 0.3) is 0 Å². The first kappa shape index (κ1) is 12.6. The van der Waals surface area contributed by atoms with Crippen molar-refractivity contribution in [3.63, 3.8) is 0 Å². The van der Waals surface area contributed by atoms with Crippen LogP contribution in [0.15, 0.2) is 29.2 Å². The molecule has 0 spiro atoms. The van der Waals surface area contributed by atoms with Crippen molar-refractivity contribution in [2.45, 2.75) is 4.90 Å². The van der Waals surface area contributed by atoms with E-state index >= 15 is 0 Å². The number of benzene rings is 1. The summed E-state index contributed by atoms with van der Waals surface area (Å²) in [4.78, 5) is 0.104. The van der Waals surface area contributed by atoms with Gasteiger partial charge in [-0.25, -0.2) is 17.1 Å². The molecule has 0 N–H and O–H groups in total. The molecule has 0 aliphatic carbocycles. The van der Waals surface area contributed by atoms with Gasteiger partial charge in [-0.1, -0.05) is 15.9 Å². The number of rotatable bonds is 4. The summed E-state index contributed by atoms with van der Waals surface area (Å²) in [5.41, 5.74) is 0. The van der Waals surface area contributed by atoms with Crippen LogP contribution in [0.2, 0.25) is 0 Å². The molecule has 0 aromatic heterocycles. The first-order valence-corrected chi connectivity index (χ1v) is 6.82. The number of sulfonamides is 1. The van der Waals surface area contributed by atoms with Crippen molar-refractivity contribution in [3.8, 4) is 0 Å². The summed E-state index contributed by atoms with van der Waals surface area (Å²) in [6.45, 7) is 0.375. The number of nitrogens with zero attached hydrogens (tertiary/aromatic N) is 1. The third kappa shape index (κ3) is 2.99. The van der Waals surface area contributed by atoms with E-state index in [1.807, 2.05) is 0 Å². The number of halogens is 2. The van der Waals surface area contributed by atoms with Gasteiger partial charge in [-0.15, -0.1) is 0 Å². The average molecular weight is 296 g/mol. The molecule has 0 amide bonds. The van der Waals surface area contributed by atoms with Gasteiger partial charge in [0.1, 0.15) is 5.82 Å². The molecular formula is C9H11BrFNO2S. The van der Waals surface area contributed by atoms with Crippen LogP contribution in [0.3, 0.4) is 0 Å². The highest BCUT2D eigenvalue weighted by atomic mass is 79.9. The van der Waals surface area contributed by atoms with E-state index in [1.54, 1.807) is 0 Å². The zero-order chi connectivity index (χ0) is 11.5. The van der Waals surface area contributed by atoms with Gasteiger partial charge in [0.2, 0.25) is 10.0 Å². The van der Waals surface area contributed by atoms with Gasteiger partial charge in [0.05, 0.1) is 4.90 Å². The van der Waals surface area contributed by atoms with Crippen LogP contribution in [-0.4, -0.2) is 31.6 Å². The Morgan fingerprint density at radius 2 is 1.87 bits per heavy atom. The van der Waals surface area contributed by atoms with E-state index in [-0.39, 0.29) is 4.90 Å². The fourth-order valence-electron chi connectivity index (χ4n) is 1.03. The van der Waals surface area contributed by atoms with E-state index in [2.05, 4.69) is 15.9 Å². The summed E-state index contributed by atoms with van der Waals surface area (Å²) in [6, 6.07) is 4.79. The fourth-order valence-corrected chi connectivity index (χ4v) is 2.96. The van der Waals surface area contributed by atoms with Crippen molar-refractivity contribution in [2.75, 3.05) is 18.9 Å². The molecule has 1 rings (SSSR count). The molecule has 0 heterocycles. The number of alkyl halides is 1. The van der Waals surface area contributed by atoms with Gasteiger partial charge in [0.15, 0.2) is 0 Å². The minimum Gasteiger partial charge on any atom is -0.207 e. The van der Waals surface area contributed by atoms with Gasteiger partial charge in [-0.3, -0.25) is 0 Å². The molecule has 0 atom stereocenters. The van der Waals surface area contributed by atoms with Crippen molar-refractivity contribution in [1.82, 2.24) is 4.31 Å². The molecular weight excluding hydrogens is 285 g/mol. The molecule has 84 valence electrons. The Kier molecular flexibility index (Phi) is 4.24. The average Bonchev–Trinajstić information content (AvgIpc) is 2.18. The van der Waals surface area contributed by atoms with Crippen molar-refractivity contribution in [1.29, 1.82) is 0 Å². The smallest absolute Gasteiger partial charge is 0.207 e. The quantitative estimate of drug-likeness (QED) is 0.795. The molecule has 0 fully saturated rings. The maximum absolute atomic E-state index is 12.6. The third-order valence-corrected chi connectivity index (χ3v) is 4.15. The van der Waals surface area contributed by atoms with Gasteiger partial charge in [0, 0.05) is 18.9 Å². The Morgan fingerprint density at radius 1 is 1.33 bits per heavy atom. The highest BCUT2D eigenvalue weighted by Gasteiger charge is 2.19. The third-order valence-electron chi connectivity index (χ3n) is 1.92. The van der Waals surface area contributed by atoms with Crippen LogP contribution in [0, 0.1) is 5.82 Å². The maximum atomic E-state index is 12.6. The molecule has 0 saturated heterocycles. The summed E-state index contributed by atoms with van der Waals surface area (Å²) in [6.07, 6.45) is 0. The first-order valence-electron chi connectivity index (χ1n) is 4.26. The lowest BCUT2D eigenvalue weighted by Crippen LogP contribution is -2.28. The zero-order valence-corrected chi connectivity index (χ0v) is 10.6. The predicted octanol–water partition coefficient (Wildman–Crippen LogP) is 1.84. The molecule has 6 heteroatoms. The maximum Gasteiger partial charge on any atom is 0.242 e. The number of hydrogen-bond acceptors (Lipinski definition) is 2. The van der Waals surface area contributed by atoms with Crippen LogP contribution < -0.4 is 0 Å². The molecule has 0 unspecified atom stereocenters. The van der Waals surface area contributed by atoms with Crippen molar-refractivity contribution < 1.29 is 12.8 Å². The van der Waals surface area contributed by atoms with E-state index in [4.69, 9.17) is 0 Å². The van der Waals surface area contributed by atoms with Crippen LogP contribution in [0.1, 0.15) is 0 Å². The van der Waals surface area contributed by atoms with Crippen molar-refractivity contribution in [2.24, 2.45) is 0 Å². The van der Waals surface area contributed by atoms with Crippen LogP contribution >= 0.6 is 15.9 Å². The summed E-state index contributed by atoms with van der Waals surface area (Å²) < 4.78 is 37.5. The summed E-state index contributed by atoms with van der Waals surface area (Å²) >= 11 is 3.16. The van der Waals surface area contributed by atoms with Gasteiger partial charge in [0.25, 0.3) is 0 Å². The van der Waals surface area contributed by atoms with E-state index < -0.39 is 15.8 Å². The Morgan fingerprint density at radius 3 is 2.33 bits per heavy atom. The Balaban J connectivity index is 3.01. The Hall–Kier alpha value is -0.460. The standard InChI is InChI=1S/C9H11BrFNO2S/c1-12(7-6-10)15(13,14)9-4-2-8(11)3-5-9/h2-5H,6-7H2,1H3. The van der Waals surface area contributed by atoms with Gasteiger partial charge >= 0.3 is 0 Å². The second-order valence-electron chi connectivity index (χ2n) is 2.97. The highest BCUT2D eigenvalue weighted by Crippen LogP contribution is 2.14. The molecule has 3 nitrogen and oxygen atoms in total. The van der Waals surface area contributed by atoms with Crippen molar-refractivity contribution in [3.05, 3.63) is 30.1 Å². The monoisotopic (exact) mass is 295 g/mol. The van der Waals surface area contributed by atoms with Gasteiger partial charge in [-0.2, -0.15) is 0 Å². The summed E-state index contributed by atoms with van der Waals surface area (Å²) in [7, 11) is -2.00. The largest absolute Gasteiger partial charge is 0.242 e. The SMILES string of the molecule is CN(CCBr)S(=O)(=O)c1ccc(F)cc1. The Labute approximate surface area is 97.1 Å². The highest BCUT2D eigenvalue weighted by molar-refractivity contribution is 9.09. The van der Waals surface area contributed by atoms with Crippen LogP contribution in [0.4, 0.5) is 4.39 Å². The molecule has 0 aliphatic heterocycles. The second-order valence-corrected chi connectivity index (χ2v) is 5.81. The van der Waals surface area contributed by atoms with E-state index in [0.29, 0.717) is 11.9 Å². The lowest BCUT2D eigenvalue weighted by molar-refractivity contribution is 0.489. The molecule has 0 radical (unpaired) electrons. The molecule has 1 aromatic rings. The Bertz CT molecular complexity index is 418. The van der Waals surface area contributed by atoms with Crippen molar-refractivity contribution >= 4 is 26.0 Å². The minimum atomic E-state index is -3.48. The second kappa shape index (κ2) is 5.05. The lowest BCUT2D eigenvalue weighted by Gasteiger charge is -2.15. The predicted molar refractivity (Wildman–Crippen MR) is 60.0 cm³/mol. The topological polar surface area (TPSA) is 37.4 Å². The van der Waals surface area contributed by atoms with Crippen LogP contribution in [0.5, 0.6) is 0 Å². The molecule has 0 saturated carbocycles. The summed E-state index contributed by atoms with van der Waals surface area (Å²) in [5.74, 6) is -0.447. The molecule has 0 bridgehead atoms. The number of hydrogen-bond donors (Lipinski definition) is 0. The van der Waals surface area contributed by atoms with E-state index in [0.717, 1.165) is 12.1 Å². The zero-order valence-electron chi connectivity index (χ0n) is 8.15. The molecule has 1 aromatic carbocycles. The first-order chi connectivity index (χ1) is 6.98. The normalized spacial score (nSPS) is 12.0. The van der Waals surface area contributed by atoms with Gasteiger partial charge in [-0.05, 0) is 24.3 Å². The van der Waals surface area contributed by atoms with E-state index in [9.17, 15) is 12.8 Å².